The van der Waals surface area contributed by atoms with Crippen molar-refractivity contribution in [1.29, 1.82) is 0 Å². The van der Waals surface area contributed by atoms with Gasteiger partial charge in [0.2, 0.25) is 0 Å². The average Bonchev–Trinajstić information content (AvgIpc) is 3.35. The van der Waals surface area contributed by atoms with Crippen LogP contribution in [0.5, 0.6) is 0 Å². The topological polar surface area (TPSA) is 74.5 Å². The summed E-state index contributed by atoms with van der Waals surface area (Å²) in [7, 11) is 0. The van der Waals surface area contributed by atoms with E-state index in [0.29, 0.717) is 46.8 Å². The maximum absolute atomic E-state index is 13.8. The molecule has 43 heavy (non-hydrogen) atoms. The first-order valence-corrected chi connectivity index (χ1v) is 13.9. The second-order valence-corrected chi connectivity index (χ2v) is 11.1. The highest BCUT2D eigenvalue weighted by atomic mass is 35.5. The number of hydrogen-bond donors (Lipinski definition) is 1. The maximum atomic E-state index is 13.8. The quantitative estimate of drug-likeness (QED) is 0.231. The first-order valence-electron chi connectivity index (χ1n) is 13.5. The zero-order valence-electron chi connectivity index (χ0n) is 22.5. The van der Waals surface area contributed by atoms with E-state index in [0.717, 1.165) is 29.9 Å². The SMILES string of the molecule is O=C(O)c1cnn(-c2cccc(-c3cc(Cl)ccc3-c3ccc(N4CCN(CC5CC5(F)F)CC4)cc3)n2)c1C(F)(F)F. The molecule has 0 bridgehead atoms. The molecule has 1 atom stereocenters. The zero-order valence-corrected chi connectivity index (χ0v) is 23.3. The van der Waals surface area contributed by atoms with Gasteiger partial charge in [0.05, 0.1) is 11.9 Å². The molecule has 2 fully saturated rings. The Kier molecular flexibility index (Phi) is 7.37. The maximum Gasteiger partial charge on any atom is 0.434 e. The fourth-order valence-electron chi connectivity index (χ4n) is 5.44. The monoisotopic (exact) mass is 617 g/mol. The van der Waals surface area contributed by atoms with E-state index in [2.05, 4.69) is 19.9 Å². The Hall–Kier alpha value is -4.03. The van der Waals surface area contributed by atoms with Crippen molar-refractivity contribution in [2.75, 3.05) is 37.6 Å². The van der Waals surface area contributed by atoms with Crippen LogP contribution >= 0.6 is 11.6 Å². The van der Waals surface area contributed by atoms with Crippen molar-refractivity contribution in [3.8, 4) is 28.2 Å². The number of rotatable bonds is 7. The zero-order chi connectivity index (χ0) is 30.5. The summed E-state index contributed by atoms with van der Waals surface area (Å²) < 4.78 is 68.5. The number of alkyl halides is 5. The second-order valence-electron chi connectivity index (χ2n) is 10.7. The van der Waals surface area contributed by atoms with Crippen molar-refractivity contribution in [1.82, 2.24) is 19.7 Å². The summed E-state index contributed by atoms with van der Waals surface area (Å²) in [6.45, 7) is 3.28. The highest BCUT2D eigenvalue weighted by molar-refractivity contribution is 6.31. The van der Waals surface area contributed by atoms with Gasteiger partial charge in [0.1, 0.15) is 5.56 Å². The highest BCUT2D eigenvalue weighted by Crippen LogP contribution is 2.49. The summed E-state index contributed by atoms with van der Waals surface area (Å²) >= 11 is 6.31. The normalized spacial score (nSPS) is 18.6. The van der Waals surface area contributed by atoms with Crippen LogP contribution in [0.3, 0.4) is 0 Å². The Balaban J connectivity index is 1.26. The molecule has 2 aromatic carbocycles. The molecule has 4 aromatic rings. The number of aromatic nitrogens is 3. The molecule has 224 valence electrons. The number of carboxylic acids is 1. The van der Waals surface area contributed by atoms with E-state index in [1.165, 1.54) is 12.1 Å². The van der Waals surface area contributed by atoms with Gasteiger partial charge < -0.3 is 10.0 Å². The van der Waals surface area contributed by atoms with E-state index in [1.807, 2.05) is 24.3 Å². The summed E-state index contributed by atoms with van der Waals surface area (Å²) in [5, 5.41) is 13.3. The molecule has 6 rings (SSSR count). The average molecular weight is 618 g/mol. The van der Waals surface area contributed by atoms with Gasteiger partial charge in [-0.2, -0.15) is 18.3 Å². The van der Waals surface area contributed by atoms with E-state index in [-0.39, 0.29) is 12.2 Å². The van der Waals surface area contributed by atoms with E-state index in [4.69, 9.17) is 11.6 Å². The predicted molar refractivity (Wildman–Crippen MR) is 151 cm³/mol. The van der Waals surface area contributed by atoms with Crippen LogP contribution in [0.4, 0.5) is 27.6 Å². The summed E-state index contributed by atoms with van der Waals surface area (Å²) in [4.78, 5) is 20.1. The van der Waals surface area contributed by atoms with Gasteiger partial charge in [-0.3, -0.25) is 4.90 Å². The molecule has 1 unspecified atom stereocenters. The lowest BCUT2D eigenvalue weighted by Gasteiger charge is -2.36. The van der Waals surface area contributed by atoms with Crippen molar-refractivity contribution < 1.29 is 31.9 Å². The van der Waals surface area contributed by atoms with Crippen LogP contribution in [-0.2, 0) is 6.18 Å². The van der Waals surface area contributed by atoms with Crippen molar-refractivity contribution >= 4 is 23.3 Å². The number of piperazine rings is 1. The number of halogens is 6. The van der Waals surface area contributed by atoms with Gasteiger partial charge in [-0.15, -0.1) is 0 Å². The molecule has 1 aliphatic heterocycles. The third-order valence-corrected chi connectivity index (χ3v) is 8.06. The van der Waals surface area contributed by atoms with Crippen molar-refractivity contribution in [2.24, 2.45) is 5.92 Å². The van der Waals surface area contributed by atoms with Gasteiger partial charge in [-0.25, -0.2) is 23.2 Å². The molecule has 1 aliphatic carbocycles. The molecule has 0 radical (unpaired) electrons. The van der Waals surface area contributed by atoms with E-state index in [9.17, 15) is 31.9 Å². The Bertz CT molecular complexity index is 1670. The van der Waals surface area contributed by atoms with Gasteiger partial charge >= 0.3 is 12.1 Å². The fourth-order valence-corrected chi connectivity index (χ4v) is 5.61. The van der Waals surface area contributed by atoms with Gasteiger partial charge in [0.15, 0.2) is 11.5 Å². The lowest BCUT2D eigenvalue weighted by atomic mass is 9.97. The van der Waals surface area contributed by atoms with Gasteiger partial charge in [-0.05, 0) is 47.5 Å². The van der Waals surface area contributed by atoms with Crippen LogP contribution in [0.25, 0.3) is 28.2 Å². The van der Waals surface area contributed by atoms with Crippen molar-refractivity contribution in [2.45, 2.75) is 18.5 Å². The number of nitrogens with zero attached hydrogens (tertiary/aromatic N) is 5. The Morgan fingerprint density at radius 2 is 1.70 bits per heavy atom. The van der Waals surface area contributed by atoms with E-state index < -0.39 is 35.2 Å². The largest absolute Gasteiger partial charge is 0.478 e. The summed E-state index contributed by atoms with van der Waals surface area (Å²) in [6, 6.07) is 17.4. The fraction of sp³-hybridized carbons (Fsp3) is 0.300. The first kappa shape index (κ1) is 29.1. The molecule has 13 heteroatoms. The van der Waals surface area contributed by atoms with Crippen molar-refractivity contribution in [3.05, 3.63) is 83.1 Å². The number of hydrogen-bond acceptors (Lipinski definition) is 5. The second kappa shape index (κ2) is 10.9. The van der Waals surface area contributed by atoms with Gasteiger partial charge in [0, 0.05) is 61.3 Å². The Labute approximate surface area is 248 Å². The number of carboxylic acid groups (broad SMARTS) is 1. The molecule has 1 N–H and O–H groups in total. The molecule has 1 saturated heterocycles. The molecular formula is C30H25ClF5N5O2. The lowest BCUT2D eigenvalue weighted by Crippen LogP contribution is -2.47. The number of benzene rings is 2. The summed E-state index contributed by atoms with van der Waals surface area (Å²) in [5.74, 6) is -5.00. The van der Waals surface area contributed by atoms with Crippen molar-refractivity contribution in [3.63, 3.8) is 0 Å². The van der Waals surface area contributed by atoms with Crippen LogP contribution in [0, 0.1) is 5.92 Å². The smallest absolute Gasteiger partial charge is 0.434 e. The molecule has 2 aromatic heterocycles. The molecule has 0 spiro atoms. The Morgan fingerprint density at radius 1 is 1.00 bits per heavy atom. The number of carbonyl (C=O) groups is 1. The van der Waals surface area contributed by atoms with Crippen LogP contribution in [0.15, 0.2) is 66.9 Å². The third kappa shape index (κ3) is 5.94. The number of pyridine rings is 1. The van der Waals surface area contributed by atoms with Crippen LogP contribution < -0.4 is 4.90 Å². The summed E-state index contributed by atoms with van der Waals surface area (Å²) in [5.41, 5.74) is 1.01. The van der Waals surface area contributed by atoms with Gasteiger partial charge in [0.25, 0.3) is 5.92 Å². The first-order chi connectivity index (χ1) is 20.4. The summed E-state index contributed by atoms with van der Waals surface area (Å²) in [6.07, 6.45) is -4.36. The highest BCUT2D eigenvalue weighted by Gasteiger charge is 2.57. The number of anilines is 1. The van der Waals surface area contributed by atoms with Crippen LogP contribution in [0.2, 0.25) is 5.02 Å². The molecule has 0 amide bonds. The minimum atomic E-state index is -4.98. The molecule has 3 heterocycles. The lowest BCUT2D eigenvalue weighted by molar-refractivity contribution is -0.143. The Morgan fingerprint density at radius 3 is 2.33 bits per heavy atom. The predicted octanol–water partition coefficient (Wildman–Crippen LogP) is 6.75. The molecule has 2 aliphatic rings. The van der Waals surface area contributed by atoms with Crippen LogP contribution in [0.1, 0.15) is 22.5 Å². The van der Waals surface area contributed by atoms with E-state index >= 15 is 0 Å². The minimum Gasteiger partial charge on any atom is -0.478 e. The standard InChI is InChI=1S/C30H25ClF5N5O2/c31-20-6-9-22(18-4-7-21(8-5-18)40-12-10-39(11-13-40)17-19-15-29(19,32)33)23(14-20)25-2-1-3-26(38-25)41-27(30(34,35)36)24(16-37-41)28(42)43/h1-9,14,16,19H,10-13,15,17H2,(H,42,43). The van der Waals surface area contributed by atoms with Gasteiger partial charge in [-0.1, -0.05) is 35.9 Å². The molecule has 1 saturated carbocycles. The third-order valence-electron chi connectivity index (χ3n) is 7.83. The minimum absolute atomic E-state index is 0.0231. The molecular weight excluding hydrogens is 593 g/mol. The number of aromatic carboxylic acids is 1. The van der Waals surface area contributed by atoms with E-state index in [1.54, 1.807) is 24.3 Å². The molecule has 7 nitrogen and oxygen atoms in total. The van der Waals surface area contributed by atoms with Crippen LogP contribution in [-0.4, -0.2) is 69.4 Å².